The second-order valence-corrected chi connectivity index (χ2v) is 8.38. The van der Waals surface area contributed by atoms with E-state index in [4.69, 9.17) is 4.74 Å². The highest BCUT2D eigenvalue weighted by Gasteiger charge is 2.31. The van der Waals surface area contributed by atoms with Gasteiger partial charge < -0.3 is 24.8 Å². The molecular weight excluding hydrogens is 449 g/mol. The van der Waals surface area contributed by atoms with Crippen LogP contribution in [0.2, 0.25) is 0 Å². The number of para-hydroxylation sites is 2. The van der Waals surface area contributed by atoms with E-state index in [1.807, 2.05) is 30.5 Å². The minimum Gasteiger partial charge on any atom is -0.477 e. The molecule has 1 aliphatic heterocycles. The lowest BCUT2D eigenvalue weighted by Gasteiger charge is -2.35. The van der Waals surface area contributed by atoms with E-state index in [1.165, 1.54) is 19.2 Å². The molecule has 0 saturated heterocycles. The molecule has 0 radical (unpaired) electrons. The summed E-state index contributed by atoms with van der Waals surface area (Å²) in [5.74, 6) is -0.0467. The summed E-state index contributed by atoms with van der Waals surface area (Å²) < 4.78 is 21.0. The number of rotatable bonds is 6. The number of carbonyl (C=O) groups is 2. The highest BCUT2D eigenvalue weighted by Crippen LogP contribution is 2.33. The number of aromatic nitrogens is 1. The first-order valence-corrected chi connectivity index (χ1v) is 11.2. The van der Waals surface area contributed by atoms with Crippen LogP contribution in [0.25, 0.3) is 0 Å². The molecule has 180 valence electrons. The van der Waals surface area contributed by atoms with Crippen LogP contribution in [0.4, 0.5) is 15.9 Å². The molecule has 0 spiro atoms. The van der Waals surface area contributed by atoms with E-state index in [-0.39, 0.29) is 30.7 Å². The minimum atomic E-state index is -0.760. The number of hydrogen-bond donors (Lipinski definition) is 2. The third-order valence-corrected chi connectivity index (χ3v) is 6.19. The van der Waals surface area contributed by atoms with Crippen molar-refractivity contribution in [3.8, 4) is 11.8 Å². The molecule has 0 bridgehead atoms. The molecule has 2 heterocycles. The summed E-state index contributed by atoms with van der Waals surface area (Å²) in [6.45, 7) is 4.23. The number of carbonyl (C=O) groups excluding carboxylic acids is 2. The van der Waals surface area contributed by atoms with Crippen LogP contribution < -0.4 is 20.3 Å². The highest BCUT2D eigenvalue weighted by atomic mass is 19.1. The maximum atomic E-state index is 13.4. The van der Waals surface area contributed by atoms with Gasteiger partial charge in [-0.05, 0) is 49.2 Å². The molecule has 0 aliphatic carbocycles. The third-order valence-electron chi connectivity index (χ3n) is 6.19. The quantitative estimate of drug-likeness (QED) is 0.571. The molecule has 2 N–H and O–H groups in total. The summed E-state index contributed by atoms with van der Waals surface area (Å²) in [6.07, 6.45) is -0.760. The highest BCUT2D eigenvalue weighted by molar-refractivity contribution is 5.95. The zero-order chi connectivity index (χ0) is 25.1. The van der Waals surface area contributed by atoms with Crippen molar-refractivity contribution in [2.75, 3.05) is 30.4 Å². The summed E-state index contributed by atoms with van der Waals surface area (Å²) in [7, 11) is 1.53. The number of fused-ring (bicyclic) bond motifs is 1. The van der Waals surface area contributed by atoms with Gasteiger partial charge in [0, 0.05) is 19.3 Å². The fourth-order valence-electron chi connectivity index (χ4n) is 4.20. The molecule has 2 aromatic carbocycles. The molecule has 8 nitrogen and oxygen atoms in total. The Balaban J connectivity index is 1.60. The van der Waals surface area contributed by atoms with Crippen molar-refractivity contribution in [1.29, 1.82) is 5.26 Å². The average molecular weight is 476 g/mol. The number of nitrogens with zero attached hydrogens (tertiary/aromatic N) is 3. The summed E-state index contributed by atoms with van der Waals surface area (Å²) in [4.78, 5) is 27.2. The first-order chi connectivity index (χ1) is 16.8. The van der Waals surface area contributed by atoms with Crippen molar-refractivity contribution in [3.05, 3.63) is 76.7 Å². The molecule has 1 aliphatic rings. The first kappa shape index (κ1) is 23.8. The number of anilines is 2. The molecule has 9 heteroatoms. The Bertz CT molecular complexity index is 1310. The van der Waals surface area contributed by atoms with Crippen LogP contribution >= 0.6 is 0 Å². The number of benzene rings is 2. The molecule has 3 aromatic rings. The second kappa shape index (κ2) is 9.89. The van der Waals surface area contributed by atoms with Crippen LogP contribution in [0.15, 0.2) is 48.5 Å². The molecule has 0 unspecified atom stereocenters. The minimum absolute atomic E-state index is 0.0431. The van der Waals surface area contributed by atoms with Crippen LogP contribution in [0.3, 0.4) is 0 Å². The molecule has 1 aromatic heterocycles. The van der Waals surface area contributed by atoms with Gasteiger partial charge in [0.15, 0.2) is 6.10 Å². The van der Waals surface area contributed by atoms with Crippen LogP contribution in [-0.2, 0) is 16.1 Å². The monoisotopic (exact) mass is 475 g/mol. The Hall–Kier alpha value is -4.32. The number of hydrogen-bond acceptors (Lipinski definition) is 5. The van der Waals surface area contributed by atoms with Gasteiger partial charge in [-0.3, -0.25) is 9.59 Å². The van der Waals surface area contributed by atoms with Crippen LogP contribution in [-0.4, -0.2) is 42.6 Å². The Morgan fingerprint density at radius 2 is 1.89 bits per heavy atom. The number of amides is 2. The van der Waals surface area contributed by atoms with Gasteiger partial charge >= 0.3 is 0 Å². The first-order valence-electron chi connectivity index (χ1n) is 11.2. The van der Waals surface area contributed by atoms with Crippen LogP contribution in [0, 0.1) is 31.0 Å². The van der Waals surface area contributed by atoms with E-state index in [1.54, 1.807) is 29.2 Å². The largest absolute Gasteiger partial charge is 0.477 e. The summed E-state index contributed by atoms with van der Waals surface area (Å²) in [5.41, 5.74) is 3.51. The van der Waals surface area contributed by atoms with E-state index in [0.717, 1.165) is 16.8 Å². The number of likely N-dealkylation sites (N-methyl/N-ethyl adjacent to an activating group) is 1. The Morgan fingerprint density at radius 3 is 2.57 bits per heavy atom. The van der Waals surface area contributed by atoms with E-state index < -0.39 is 6.10 Å². The Labute approximate surface area is 202 Å². The zero-order valence-corrected chi connectivity index (χ0v) is 19.8. The van der Waals surface area contributed by atoms with Gasteiger partial charge in [0.25, 0.3) is 5.91 Å². The van der Waals surface area contributed by atoms with Gasteiger partial charge in [-0.25, -0.2) is 4.39 Å². The second-order valence-electron chi connectivity index (χ2n) is 8.38. The third kappa shape index (κ3) is 4.82. The smallest absolute Gasteiger partial charge is 0.262 e. The summed E-state index contributed by atoms with van der Waals surface area (Å²) in [6, 6.07) is 15.5. The van der Waals surface area contributed by atoms with E-state index in [0.29, 0.717) is 29.4 Å². The van der Waals surface area contributed by atoms with Crippen LogP contribution in [0.1, 0.15) is 22.4 Å². The van der Waals surface area contributed by atoms with Gasteiger partial charge in [-0.15, -0.1) is 0 Å². The van der Waals surface area contributed by atoms with Gasteiger partial charge in [0.1, 0.15) is 23.5 Å². The zero-order valence-electron chi connectivity index (χ0n) is 19.8. The van der Waals surface area contributed by atoms with E-state index in [2.05, 4.69) is 16.7 Å². The lowest BCUT2D eigenvalue weighted by atomic mass is 10.1. The average Bonchev–Trinajstić information content (AvgIpc) is 3.08. The molecule has 1 atom stereocenters. The van der Waals surface area contributed by atoms with Gasteiger partial charge in [0.05, 0.1) is 24.3 Å². The summed E-state index contributed by atoms with van der Waals surface area (Å²) in [5, 5.41) is 15.3. The van der Waals surface area contributed by atoms with Crippen molar-refractivity contribution in [2.24, 2.45) is 0 Å². The number of halogens is 1. The molecule has 0 saturated carbocycles. The topological polar surface area (TPSA) is 99.4 Å². The SMILES string of the molecule is CNC(=O)[C@@H]1CN(CC(=O)Nc2c(C#N)c(C)c(C)n2Cc2ccc(F)cc2)c2ccccc2O1. The van der Waals surface area contributed by atoms with Crippen molar-refractivity contribution in [1.82, 2.24) is 9.88 Å². The predicted octanol–water partition coefficient (Wildman–Crippen LogP) is 3.12. The molecule has 4 rings (SSSR count). The van der Waals surface area contributed by atoms with Crippen LogP contribution in [0.5, 0.6) is 5.75 Å². The predicted molar refractivity (Wildman–Crippen MR) is 130 cm³/mol. The maximum Gasteiger partial charge on any atom is 0.262 e. The lowest BCUT2D eigenvalue weighted by Crippen LogP contribution is -2.50. The fraction of sp³-hybridized carbons (Fsp3) is 0.269. The normalized spacial score (nSPS) is 14.5. The Kier molecular flexibility index (Phi) is 6.73. The summed E-state index contributed by atoms with van der Waals surface area (Å²) >= 11 is 0. The van der Waals surface area contributed by atoms with E-state index >= 15 is 0 Å². The molecule has 2 amide bonds. The Morgan fingerprint density at radius 1 is 1.17 bits per heavy atom. The fourth-order valence-corrected chi connectivity index (χ4v) is 4.20. The molecular formula is C26H26FN5O3. The van der Waals surface area contributed by atoms with Crippen molar-refractivity contribution < 1.29 is 18.7 Å². The molecule has 0 fully saturated rings. The maximum absolute atomic E-state index is 13.4. The van der Waals surface area contributed by atoms with Crippen molar-refractivity contribution in [2.45, 2.75) is 26.5 Å². The molecule has 35 heavy (non-hydrogen) atoms. The number of nitriles is 1. The van der Waals surface area contributed by atoms with E-state index in [9.17, 15) is 19.2 Å². The number of ether oxygens (including phenoxy) is 1. The van der Waals surface area contributed by atoms with Gasteiger partial charge in [-0.1, -0.05) is 24.3 Å². The van der Waals surface area contributed by atoms with Gasteiger partial charge in [0.2, 0.25) is 5.91 Å². The van der Waals surface area contributed by atoms with Gasteiger partial charge in [-0.2, -0.15) is 5.26 Å². The lowest BCUT2D eigenvalue weighted by molar-refractivity contribution is -0.127. The standard InChI is InChI=1S/C26H26FN5O3/c1-16-17(2)32(13-18-8-10-19(27)11-9-18)25(20(16)12-28)30-24(33)15-31-14-23(26(34)29-3)35-22-7-5-4-6-21(22)31/h4-11,23H,13-15H2,1-3H3,(H,29,34)(H,30,33)/t23-/m0/s1. The van der Waals surface area contributed by atoms with Crippen molar-refractivity contribution in [3.63, 3.8) is 0 Å². The number of nitrogens with one attached hydrogen (secondary N) is 2. The van der Waals surface area contributed by atoms with Crippen molar-refractivity contribution >= 4 is 23.3 Å².